The van der Waals surface area contributed by atoms with Crippen molar-refractivity contribution in [3.63, 3.8) is 0 Å². The van der Waals surface area contributed by atoms with Gasteiger partial charge in [-0.1, -0.05) is 60.3 Å². The second-order valence-electron chi connectivity index (χ2n) is 6.65. The van der Waals surface area contributed by atoms with Crippen molar-refractivity contribution in [1.82, 2.24) is 25.1 Å². The standard InChI is InChI=1S/C21H19N5O2S/c1-13(27)18(14-8-4-3-5-9-14)22-17(28)12-29-21-23-20-19(24-25-21)15-10-6-7-11-16(15)26(20)2/h3-11,18H,12H2,1-2H3,(H,22,28)/t18-/m0/s1. The Kier molecular flexibility index (Phi) is 5.26. The van der Waals surface area contributed by atoms with Gasteiger partial charge in [0.25, 0.3) is 0 Å². The molecule has 0 fully saturated rings. The highest BCUT2D eigenvalue weighted by Gasteiger charge is 2.19. The minimum absolute atomic E-state index is 0.0910. The van der Waals surface area contributed by atoms with Gasteiger partial charge in [0.1, 0.15) is 11.6 Å². The van der Waals surface area contributed by atoms with E-state index in [0.717, 1.165) is 27.6 Å². The van der Waals surface area contributed by atoms with Crippen LogP contribution in [0.15, 0.2) is 59.8 Å². The fraction of sp³-hybridized carbons (Fsp3) is 0.190. The van der Waals surface area contributed by atoms with E-state index in [2.05, 4.69) is 20.5 Å². The van der Waals surface area contributed by atoms with Crippen molar-refractivity contribution in [2.75, 3.05) is 5.75 Å². The Morgan fingerprint density at radius 1 is 1.07 bits per heavy atom. The molecular formula is C21H19N5O2S. The summed E-state index contributed by atoms with van der Waals surface area (Å²) in [5.41, 5.74) is 3.23. The average Bonchev–Trinajstić information content (AvgIpc) is 3.03. The minimum Gasteiger partial charge on any atom is -0.341 e. The molecule has 0 unspecified atom stereocenters. The third-order valence-corrected chi connectivity index (χ3v) is 5.50. The molecule has 0 radical (unpaired) electrons. The number of thioether (sulfide) groups is 1. The Morgan fingerprint density at radius 3 is 2.55 bits per heavy atom. The molecule has 0 aliphatic rings. The van der Waals surface area contributed by atoms with Crippen molar-refractivity contribution in [2.45, 2.75) is 18.1 Å². The van der Waals surface area contributed by atoms with Crippen LogP contribution in [0.4, 0.5) is 0 Å². The fourth-order valence-electron chi connectivity index (χ4n) is 3.25. The van der Waals surface area contributed by atoms with Crippen molar-refractivity contribution in [1.29, 1.82) is 0 Å². The molecule has 29 heavy (non-hydrogen) atoms. The number of fused-ring (bicyclic) bond motifs is 3. The summed E-state index contributed by atoms with van der Waals surface area (Å²) < 4.78 is 1.96. The number of nitrogens with one attached hydrogen (secondary N) is 1. The highest BCUT2D eigenvalue weighted by atomic mass is 32.2. The molecule has 0 aliphatic carbocycles. The van der Waals surface area contributed by atoms with Crippen LogP contribution >= 0.6 is 11.8 Å². The number of nitrogens with zero attached hydrogens (tertiary/aromatic N) is 4. The summed E-state index contributed by atoms with van der Waals surface area (Å²) in [5, 5.41) is 12.7. The van der Waals surface area contributed by atoms with Crippen LogP contribution in [-0.4, -0.2) is 37.2 Å². The van der Waals surface area contributed by atoms with E-state index in [-0.39, 0.29) is 17.4 Å². The van der Waals surface area contributed by atoms with E-state index in [0.29, 0.717) is 5.16 Å². The lowest BCUT2D eigenvalue weighted by molar-refractivity contribution is -0.125. The summed E-state index contributed by atoms with van der Waals surface area (Å²) in [6.07, 6.45) is 0. The topological polar surface area (TPSA) is 89.8 Å². The Bertz CT molecular complexity index is 1210. The second-order valence-corrected chi connectivity index (χ2v) is 7.60. The van der Waals surface area contributed by atoms with E-state index in [1.54, 1.807) is 0 Å². The summed E-state index contributed by atoms with van der Waals surface area (Å²) in [4.78, 5) is 28.9. The Hall–Kier alpha value is -3.26. The van der Waals surface area contributed by atoms with Gasteiger partial charge in [-0.25, -0.2) is 4.98 Å². The van der Waals surface area contributed by atoms with Crippen LogP contribution in [0.5, 0.6) is 0 Å². The van der Waals surface area contributed by atoms with Gasteiger partial charge in [0.2, 0.25) is 11.1 Å². The van der Waals surface area contributed by atoms with E-state index < -0.39 is 6.04 Å². The van der Waals surface area contributed by atoms with E-state index >= 15 is 0 Å². The summed E-state index contributed by atoms with van der Waals surface area (Å²) in [6, 6.07) is 16.4. The molecule has 0 saturated carbocycles. The van der Waals surface area contributed by atoms with E-state index in [4.69, 9.17) is 0 Å². The molecule has 8 heteroatoms. The number of aromatic nitrogens is 4. The number of ketones is 1. The number of carbonyl (C=O) groups excluding carboxylic acids is 2. The Morgan fingerprint density at radius 2 is 1.79 bits per heavy atom. The first-order valence-electron chi connectivity index (χ1n) is 9.10. The highest BCUT2D eigenvalue weighted by molar-refractivity contribution is 7.99. The average molecular weight is 405 g/mol. The highest BCUT2D eigenvalue weighted by Crippen LogP contribution is 2.26. The molecule has 0 saturated heterocycles. The summed E-state index contributed by atoms with van der Waals surface area (Å²) in [7, 11) is 1.93. The van der Waals surface area contributed by atoms with Crippen molar-refractivity contribution in [3.05, 3.63) is 60.2 Å². The van der Waals surface area contributed by atoms with Crippen molar-refractivity contribution >= 4 is 45.5 Å². The van der Waals surface area contributed by atoms with Gasteiger partial charge in [0.15, 0.2) is 11.4 Å². The normalized spacial score (nSPS) is 12.2. The molecule has 0 spiro atoms. The molecule has 2 aromatic heterocycles. The van der Waals surface area contributed by atoms with Crippen LogP contribution in [0.3, 0.4) is 0 Å². The zero-order chi connectivity index (χ0) is 20.4. The molecule has 1 N–H and O–H groups in total. The Balaban J connectivity index is 1.49. The monoisotopic (exact) mass is 405 g/mol. The fourth-order valence-corrected chi connectivity index (χ4v) is 3.84. The Labute approximate surface area is 171 Å². The van der Waals surface area contributed by atoms with Crippen LogP contribution in [0, 0.1) is 0 Å². The smallest absolute Gasteiger partial charge is 0.231 e. The van der Waals surface area contributed by atoms with Gasteiger partial charge in [-0.2, -0.15) is 0 Å². The number of benzene rings is 2. The number of carbonyl (C=O) groups is 2. The number of Topliss-reactive ketones (excluding diaryl/α,β-unsaturated/α-hetero) is 1. The van der Waals surface area contributed by atoms with Gasteiger partial charge in [-0.05, 0) is 18.6 Å². The molecule has 4 rings (SSSR count). The van der Waals surface area contributed by atoms with Crippen LogP contribution in [0.25, 0.3) is 22.1 Å². The van der Waals surface area contributed by atoms with Crippen LogP contribution in [0.2, 0.25) is 0 Å². The van der Waals surface area contributed by atoms with Crippen LogP contribution in [0.1, 0.15) is 18.5 Å². The SMILES string of the molecule is CC(=O)[C@H](NC(=O)CSc1nnc2c3ccccc3n(C)c2n1)c1ccccc1. The quantitative estimate of drug-likeness (QED) is 0.496. The van der Waals surface area contributed by atoms with Gasteiger partial charge in [-0.3, -0.25) is 9.59 Å². The van der Waals surface area contributed by atoms with Gasteiger partial charge < -0.3 is 9.88 Å². The van der Waals surface area contributed by atoms with Crippen LogP contribution in [-0.2, 0) is 16.6 Å². The minimum atomic E-state index is -0.663. The van der Waals surface area contributed by atoms with E-state index in [9.17, 15) is 9.59 Å². The maximum atomic E-state index is 12.4. The maximum Gasteiger partial charge on any atom is 0.231 e. The lowest BCUT2D eigenvalue weighted by Gasteiger charge is -2.16. The number of hydrogen-bond acceptors (Lipinski definition) is 6. The molecule has 2 heterocycles. The lowest BCUT2D eigenvalue weighted by atomic mass is 10.0. The zero-order valence-corrected chi connectivity index (χ0v) is 16.8. The third kappa shape index (κ3) is 3.84. The van der Waals surface area contributed by atoms with Crippen molar-refractivity contribution < 1.29 is 9.59 Å². The molecular weight excluding hydrogens is 386 g/mol. The molecule has 7 nitrogen and oxygen atoms in total. The predicted octanol–water partition coefficient (Wildman–Crippen LogP) is 3.06. The maximum absolute atomic E-state index is 12.4. The van der Waals surface area contributed by atoms with Gasteiger partial charge in [-0.15, -0.1) is 10.2 Å². The summed E-state index contributed by atoms with van der Waals surface area (Å²) in [5.74, 6) is -0.294. The number of rotatable bonds is 6. The molecule has 1 atom stereocenters. The van der Waals surface area contributed by atoms with Crippen molar-refractivity contribution in [3.8, 4) is 0 Å². The number of hydrogen-bond donors (Lipinski definition) is 1. The number of aryl methyl sites for hydroxylation is 1. The summed E-state index contributed by atoms with van der Waals surface area (Å²) >= 11 is 1.19. The first kappa shape index (κ1) is 19.1. The molecule has 0 aliphatic heterocycles. The molecule has 0 bridgehead atoms. The first-order valence-corrected chi connectivity index (χ1v) is 10.1. The molecule has 2 aromatic carbocycles. The first-order chi connectivity index (χ1) is 14.0. The molecule has 1 amide bonds. The zero-order valence-electron chi connectivity index (χ0n) is 16.0. The third-order valence-electron chi connectivity index (χ3n) is 4.66. The van der Waals surface area contributed by atoms with Gasteiger partial charge >= 0.3 is 0 Å². The van der Waals surface area contributed by atoms with Crippen LogP contribution < -0.4 is 5.32 Å². The number of amides is 1. The van der Waals surface area contributed by atoms with Gasteiger partial charge in [0.05, 0.1) is 11.3 Å². The summed E-state index contributed by atoms with van der Waals surface area (Å²) in [6.45, 7) is 1.46. The van der Waals surface area contributed by atoms with Gasteiger partial charge in [0, 0.05) is 12.4 Å². The second kappa shape index (κ2) is 8.00. The molecule has 4 aromatic rings. The molecule has 146 valence electrons. The predicted molar refractivity (Wildman–Crippen MR) is 113 cm³/mol. The largest absolute Gasteiger partial charge is 0.341 e. The van der Waals surface area contributed by atoms with E-state index in [1.807, 2.05) is 66.2 Å². The lowest BCUT2D eigenvalue weighted by Crippen LogP contribution is -2.33. The van der Waals surface area contributed by atoms with E-state index in [1.165, 1.54) is 18.7 Å². The number of para-hydroxylation sites is 1. The van der Waals surface area contributed by atoms with Crippen molar-refractivity contribution in [2.24, 2.45) is 7.05 Å².